The maximum atomic E-state index is 12.2. The highest BCUT2D eigenvalue weighted by Gasteiger charge is 2.20. The average Bonchev–Trinajstić information content (AvgIpc) is 2.84. The summed E-state index contributed by atoms with van der Waals surface area (Å²) in [5.74, 6) is 1.58. The molecule has 114 valence electrons. The van der Waals surface area contributed by atoms with Gasteiger partial charge >= 0.3 is 0 Å². The van der Waals surface area contributed by atoms with Crippen molar-refractivity contribution in [1.29, 1.82) is 0 Å². The summed E-state index contributed by atoms with van der Waals surface area (Å²) < 4.78 is 10.6. The Morgan fingerprint density at radius 1 is 1.38 bits per heavy atom. The fourth-order valence-electron chi connectivity index (χ4n) is 2.63. The van der Waals surface area contributed by atoms with Gasteiger partial charge in [0.05, 0.1) is 6.10 Å². The molecule has 2 N–H and O–H groups in total. The second-order valence-electron chi connectivity index (χ2n) is 5.39. The molecule has 1 aromatic carbocycles. The van der Waals surface area contributed by atoms with Crippen molar-refractivity contribution in [2.24, 2.45) is 0 Å². The van der Waals surface area contributed by atoms with E-state index in [-0.39, 0.29) is 12.7 Å². The number of ether oxygens (including phenoxy) is 2. The minimum Gasteiger partial charge on any atom is -0.454 e. The van der Waals surface area contributed by atoms with Crippen LogP contribution in [0.1, 0.15) is 12.0 Å². The number of rotatable bonds is 3. The topological polar surface area (TPSA) is 71.0 Å². The van der Waals surface area contributed by atoms with E-state index in [0.717, 1.165) is 23.6 Å². The SMILES string of the molecule is O=C(CCc1ccc2c(c1)OCO2)N1CCNCC(O)C1. The summed E-state index contributed by atoms with van der Waals surface area (Å²) >= 11 is 0. The van der Waals surface area contributed by atoms with E-state index in [1.807, 2.05) is 18.2 Å². The summed E-state index contributed by atoms with van der Waals surface area (Å²) in [4.78, 5) is 14.0. The van der Waals surface area contributed by atoms with E-state index in [1.54, 1.807) is 4.90 Å². The Morgan fingerprint density at radius 2 is 2.24 bits per heavy atom. The number of nitrogens with one attached hydrogen (secondary N) is 1. The second-order valence-corrected chi connectivity index (χ2v) is 5.39. The van der Waals surface area contributed by atoms with Crippen LogP contribution < -0.4 is 14.8 Å². The van der Waals surface area contributed by atoms with Crippen LogP contribution in [0.5, 0.6) is 11.5 Å². The number of hydrogen-bond acceptors (Lipinski definition) is 5. The van der Waals surface area contributed by atoms with Crippen LogP contribution in [0.3, 0.4) is 0 Å². The highest BCUT2D eigenvalue weighted by Crippen LogP contribution is 2.32. The molecular weight excluding hydrogens is 272 g/mol. The number of carbonyl (C=O) groups excluding carboxylic acids is 1. The van der Waals surface area contributed by atoms with Crippen LogP contribution in [0.25, 0.3) is 0 Å². The Morgan fingerprint density at radius 3 is 3.14 bits per heavy atom. The van der Waals surface area contributed by atoms with Gasteiger partial charge in [-0.2, -0.15) is 0 Å². The first-order chi connectivity index (χ1) is 10.2. The van der Waals surface area contributed by atoms with Crippen molar-refractivity contribution in [2.45, 2.75) is 18.9 Å². The standard InChI is InChI=1S/C15H20N2O4/c18-12-8-16-5-6-17(9-12)15(19)4-2-11-1-3-13-14(7-11)21-10-20-13/h1,3,7,12,16,18H,2,4-6,8-10H2. The van der Waals surface area contributed by atoms with Crippen LogP contribution in [0.15, 0.2) is 18.2 Å². The van der Waals surface area contributed by atoms with Crippen LogP contribution in [0.2, 0.25) is 0 Å². The van der Waals surface area contributed by atoms with Crippen molar-refractivity contribution in [3.63, 3.8) is 0 Å². The Hall–Kier alpha value is -1.79. The fraction of sp³-hybridized carbons (Fsp3) is 0.533. The lowest BCUT2D eigenvalue weighted by molar-refractivity contribution is -0.132. The zero-order valence-electron chi connectivity index (χ0n) is 11.9. The Balaban J connectivity index is 1.55. The minimum atomic E-state index is -0.484. The number of fused-ring (bicyclic) bond motifs is 1. The summed E-state index contributed by atoms with van der Waals surface area (Å²) in [5.41, 5.74) is 1.06. The van der Waals surface area contributed by atoms with Gasteiger partial charge in [-0.25, -0.2) is 0 Å². The predicted molar refractivity (Wildman–Crippen MR) is 76.3 cm³/mol. The van der Waals surface area contributed by atoms with E-state index >= 15 is 0 Å². The molecule has 1 saturated heterocycles. The lowest BCUT2D eigenvalue weighted by Crippen LogP contribution is -2.37. The molecular formula is C15H20N2O4. The molecule has 0 aliphatic carbocycles. The molecule has 1 amide bonds. The number of aliphatic hydroxyl groups excluding tert-OH is 1. The van der Waals surface area contributed by atoms with E-state index in [2.05, 4.69) is 5.32 Å². The van der Waals surface area contributed by atoms with Crippen LogP contribution in [0, 0.1) is 0 Å². The first-order valence-electron chi connectivity index (χ1n) is 7.27. The number of amides is 1. The molecule has 2 aliphatic rings. The normalized spacial score (nSPS) is 21.2. The number of hydrogen-bond donors (Lipinski definition) is 2. The van der Waals surface area contributed by atoms with Gasteiger partial charge in [0.1, 0.15) is 0 Å². The summed E-state index contributed by atoms with van der Waals surface area (Å²) in [6, 6.07) is 5.76. The molecule has 1 atom stereocenters. The van der Waals surface area contributed by atoms with E-state index in [4.69, 9.17) is 9.47 Å². The van der Waals surface area contributed by atoms with Gasteiger partial charge in [-0.05, 0) is 24.1 Å². The summed E-state index contributed by atoms with van der Waals surface area (Å²) in [6.45, 7) is 2.60. The summed E-state index contributed by atoms with van der Waals surface area (Å²) in [7, 11) is 0. The third kappa shape index (κ3) is 3.46. The number of nitrogens with zero attached hydrogens (tertiary/aromatic N) is 1. The number of β-amino-alcohol motifs (C(OH)–C–C–N with tert-alkyl or cyclic N) is 1. The van der Waals surface area contributed by atoms with Gasteiger partial charge in [-0.15, -0.1) is 0 Å². The Bertz CT molecular complexity index is 520. The van der Waals surface area contributed by atoms with Crippen LogP contribution >= 0.6 is 0 Å². The maximum absolute atomic E-state index is 12.2. The van der Waals surface area contributed by atoms with Crippen molar-refractivity contribution in [3.05, 3.63) is 23.8 Å². The van der Waals surface area contributed by atoms with Crippen molar-refractivity contribution >= 4 is 5.91 Å². The third-order valence-electron chi connectivity index (χ3n) is 3.79. The van der Waals surface area contributed by atoms with Gasteiger partial charge in [0.25, 0.3) is 0 Å². The molecule has 6 nitrogen and oxygen atoms in total. The first kappa shape index (κ1) is 14.2. The molecule has 21 heavy (non-hydrogen) atoms. The van der Waals surface area contributed by atoms with Gasteiger partial charge in [0.2, 0.25) is 12.7 Å². The van der Waals surface area contributed by atoms with Crippen LogP contribution in [-0.2, 0) is 11.2 Å². The molecule has 1 unspecified atom stereocenters. The zero-order valence-corrected chi connectivity index (χ0v) is 11.9. The predicted octanol–water partition coefficient (Wildman–Crippen LogP) is 0.141. The molecule has 6 heteroatoms. The first-order valence-corrected chi connectivity index (χ1v) is 7.27. The van der Waals surface area contributed by atoms with Crippen molar-refractivity contribution in [1.82, 2.24) is 10.2 Å². The molecule has 1 aromatic rings. The van der Waals surface area contributed by atoms with E-state index < -0.39 is 6.10 Å². The molecule has 0 aromatic heterocycles. The van der Waals surface area contributed by atoms with Crippen LogP contribution in [0.4, 0.5) is 0 Å². The van der Waals surface area contributed by atoms with Gasteiger partial charge in [0.15, 0.2) is 11.5 Å². The monoisotopic (exact) mass is 292 g/mol. The summed E-state index contributed by atoms with van der Waals surface area (Å²) in [5, 5.41) is 12.8. The minimum absolute atomic E-state index is 0.0791. The zero-order chi connectivity index (χ0) is 14.7. The van der Waals surface area contributed by atoms with Crippen LogP contribution in [-0.4, -0.2) is 55.0 Å². The molecule has 3 rings (SSSR count). The molecule has 0 radical (unpaired) electrons. The Kier molecular flexibility index (Phi) is 4.26. The third-order valence-corrected chi connectivity index (χ3v) is 3.79. The Labute approximate surface area is 123 Å². The number of aryl methyl sites for hydroxylation is 1. The molecule has 2 aliphatic heterocycles. The number of carbonyl (C=O) groups is 1. The smallest absolute Gasteiger partial charge is 0.231 e. The van der Waals surface area contributed by atoms with Crippen molar-refractivity contribution in [2.75, 3.05) is 33.0 Å². The summed E-state index contributed by atoms with van der Waals surface area (Å²) in [6.07, 6.45) is 0.615. The van der Waals surface area contributed by atoms with E-state index in [9.17, 15) is 9.90 Å². The molecule has 2 heterocycles. The van der Waals surface area contributed by atoms with Crippen molar-refractivity contribution < 1.29 is 19.4 Å². The van der Waals surface area contributed by atoms with Gasteiger partial charge in [-0.1, -0.05) is 6.07 Å². The van der Waals surface area contributed by atoms with E-state index in [1.165, 1.54) is 0 Å². The average molecular weight is 292 g/mol. The number of benzene rings is 1. The molecule has 0 saturated carbocycles. The highest BCUT2D eigenvalue weighted by molar-refractivity contribution is 5.76. The number of aliphatic hydroxyl groups is 1. The lowest BCUT2D eigenvalue weighted by Gasteiger charge is -2.21. The van der Waals surface area contributed by atoms with Gasteiger partial charge in [-0.3, -0.25) is 4.79 Å². The fourth-order valence-corrected chi connectivity index (χ4v) is 2.63. The van der Waals surface area contributed by atoms with Crippen molar-refractivity contribution in [3.8, 4) is 11.5 Å². The molecule has 0 spiro atoms. The van der Waals surface area contributed by atoms with Gasteiger partial charge < -0.3 is 24.8 Å². The molecule has 1 fully saturated rings. The molecule has 0 bridgehead atoms. The van der Waals surface area contributed by atoms with Gasteiger partial charge in [0, 0.05) is 32.6 Å². The highest BCUT2D eigenvalue weighted by atomic mass is 16.7. The largest absolute Gasteiger partial charge is 0.454 e. The lowest BCUT2D eigenvalue weighted by atomic mass is 10.1. The quantitative estimate of drug-likeness (QED) is 0.829. The second kappa shape index (κ2) is 6.32. The van der Waals surface area contributed by atoms with E-state index in [0.29, 0.717) is 32.5 Å². The maximum Gasteiger partial charge on any atom is 0.231 e.